The van der Waals surface area contributed by atoms with Crippen LogP contribution in [0.15, 0.2) is 68.6 Å². The van der Waals surface area contributed by atoms with E-state index >= 15 is 0 Å². The first-order valence-corrected chi connectivity index (χ1v) is 13.9. The van der Waals surface area contributed by atoms with Gasteiger partial charge < -0.3 is 10.6 Å². The van der Waals surface area contributed by atoms with Crippen molar-refractivity contribution in [2.45, 2.75) is 11.8 Å². The monoisotopic (exact) mass is 651 g/mol. The Morgan fingerprint density at radius 1 is 1.11 bits per heavy atom. The molecule has 0 saturated carbocycles. The fourth-order valence-corrected chi connectivity index (χ4v) is 5.71. The number of carbonyl (C=O) groups excluding carboxylic acids is 2. The smallest absolute Gasteiger partial charge is 0.345 e. The second-order valence-electron chi connectivity index (χ2n) is 7.53. The summed E-state index contributed by atoms with van der Waals surface area (Å²) in [5.41, 5.74) is 1.69. The van der Waals surface area contributed by atoms with E-state index in [2.05, 4.69) is 47.5 Å². The van der Waals surface area contributed by atoms with Crippen LogP contribution in [0.2, 0.25) is 0 Å². The molecule has 9 nitrogen and oxygen atoms in total. The second kappa shape index (κ2) is 12.0. The molecule has 1 fully saturated rings. The zero-order valence-corrected chi connectivity index (χ0v) is 23.3. The van der Waals surface area contributed by atoms with Crippen LogP contribution in [0.1, 0.15) is 22.9 Å². The molecule has 0 aliphatic carbocycles. The number of halogens is 2. The fraction of sp³-hybridized carbons (Fsp3) is 0.174. The topological polar surface area (TPSA) is 117 Å². The van der Waals surface area contributed by atoms with E-state index in [0.717, 1.165) is 31.4 Å². The first kappa shape index (κ1) is 26.3. The third-order valence-corrected chi connectivity index (χ3v) is 8.24. The van der Waals surface area contributed by atoms with Crippen molar-refractivity contribution in [1.82, 2.24) is 15.2 Å². The Morgan fingerprint density at radius 3 is 2.42 bits per heavy atom. The molecule has 0 radical (unpaired) electrons. The number of benzene rings is 2. The summed E-state index contributed by atoms with van der Waals surface area (Å²) in [4.78, 5) is 42.3. The van der Waals surface area contributed by atoms with Crippen molar-refractivity contribution in [3.05, 3.63) is 89.8 Å². The van der Waals surface area contributed by atoms with Crippen LogP contribution in [0.5, 0.6) is 0 Å². The summed E-state index contributed by atoms with van der Waals surface area (Å²) in [6.45, 7) is 0.769. The highest BCUT2D eigenvalue weighted by atomic mass is 79.9. The van der Waals surface area contributed by atoms with E-state index in [1.54, 1.807) is 6.08 Å². The quantitative estimate of drug-likeness (QED) is 0.125. The van der Waals surface area contributed by atoms with Crippen LogP contribution in [0.3, 0.4) is 0 Å². The molecule has 2 aromatic carbocycles. The van der Waals surface area contributed by atoms with E-state index in [0.29, 0.717) is 29.5 Å². The molecular weight excluding hydrogens is 634 g/mol. The normalized spacial score (nSPS) is 16.4. The molecule has 1 unspecified atom stereocenters. The largest absolute Gasteiger partial charge is 0.361 e. The van der Waals surface area contributed by atoms with Gasteiger partial charge in [-0.1, -0.05) is 67.9 Å². The molecule has 186 valence electrons. The molecule has 0 bridgehead atoms. The maximum absolute atomic E-state index is 13.3. The molecule has 2 N–H and O–H groups in total. The lowest BCUT2D eigenvalue weighted by atomic mass is 10.2. The van der Waals surface area contributed by atoms with Crippen LogP contribution < -0.4 is 10.6 Å². The molecule has 1 saturated heterocycles. The van der Waals surface area contributed by atoms with Crippen molar-refractivity contribution >= 4 is 83.1 Å². The minimum atomic E-state index is -0.499. The zero-order valence-electron chi connectivity index (χ0n) is 18.5. The van der Waals surface area contributed by atoms with Gasteiger partial charge in [0.15, 0.2) is 5.13 Å². The Balaban J connectivity index is 1.41. The highest BCUT2D eigenvalue weighted by Gasteiger charge is 2.41. The molecule has 1 aromatic heterocycles. The minimum absolute atomic E-state index is 0.0400. The molecule has 3 aromatic rings. The lowest BCUT2D eigenvalue weighted by Gasteiger charge is -2.22. The number of aromatic nitrogens is 1. The van der Waals surface area contributed by atoms with Crippen LogP contribution in [-0.4, -0.2) is 39.8 Å². The van der Waals surface area contributed by atoms with Gasteiger partial charge in [-0.05, 0) is 59.2 Å². The molecule has 1 atom stereocenters. The molecule has 36 heavy (non-hydrogen) atoms. The van der Waals surface area contributed by atoms with E-state index in [1.165, 1.54) is 22.9 Å². The highest BCUT2D eigenvalue weighted by molar-refractivity contribution is 9.10. The Morgan fingerprint density at radius 2 is 1.78 bits per heavy atom. The first-order valence-electron chi connectivity index (χ1n) is 10.7. The van der Waals surface area contributed by atoms with E-state index in [9.17, 15) is 19.7 Å². The number of anilines is 1. The molecule has 4 rings (SSSR count). The number of imide groups is 1. The Hall–Kier alpha value is -2.74. The van der Waals surface area contributed by atoms with Gasteiger partial charge in [-0.25, -0.2) is 14.7 Å². The number of carbonyl (C=O) groups is 2. The van der Waals surface area contributed by atoms with Crippen molar-refractivity contribution in [2.24, 2.45) is 0 Å². The van der Waals surface area contributed by atoms with Gasteiger partial charge in [-0.15, -0.1) is 0 Å². The number of rotatable bonds is 8. The standard InChI is InChI=1S/C23H19Br2N5O4S2/c24-16-6-2-14(3-7-16)12-18-20(31)29(21(35-18)15-4-8-17(25)9-5-15)23(32)27-11-1-10-26-22-28-13-19(36-22)30(33)34/h2-9,12-13,21H,1,10-11H2,(H,26,28)(H,27,32)/b18-12-. The van der Waals surface area contributed by atoms with Crippen molar-refractivity contribution in [3.63, 3.8) is 0 Å². The van der Waals surface area contributed by atoms with E-state index in [4.69, 9.17) is 0 Å². The van der Waals surface area contributed by atoms with Crippen LogP contribution in [0, 0.1) is 10.1 Å². The fourth-order valence-electron chi connectivity index (χ4n) is 3.29. The molecule has 2 heterocycles. The summed E-state index contributed by atoms with van der Waals surface area (Å²) in [6.07, 6.45) is 3.53. The molecule has 1 aliphatic rings. The van der Waals surface area contributed by atoms with Gasteiger partial charge in [0.1, 0.15) is 11.6 Å². The number of amides is 3. The number of nitrogens with one attached hydrogen (secondary N) is 2. The highest BCUT2D eigenvalue weighted by Crippen LogP contribution is 2.46. The summed E-state index contributed by atoms with van der Waals surface area (Å²) < 4.78 is 1.84. The Bertz CT molecular complexity index is 1300. The number of hydrogen-bond donors (Lipinski definition) is 2. The molecule has 3 amide bonds. The van der Waals surface area contributed by atoms with Crippen LogP contribution in [0.25, 0.3) is 6.08 Å². The van der Waals surface area contributed by atoms with Gasteiger partial charge in [0.05, 0.1) is 9.83 Å². The number of thiazole rings is 1. The molecule has 1 aliphatic heterocycles. The number of hydrogen-bond acceptors (Lipinski definition) is 8. The first-order chi connectivity index (χ1) is 17.3. The van der Waals surface area contributed by atoms with Crippen molar-refractivity contribution in [3.8, 4) is 0 Å². The average molecular weight is 653 g/mol. The van der Waals surface area contributed by atoms with E-state index in [1.807, 2.05) is 48.5 Å². The maximum Gasteiger partial charge on any atom is 0.345 e. The van der Waals surface area contributed by atoms with Crippen LogP contribution in [-0.2, 0) is 4.79 Å². The van der Waals surface area contributed by atoms with Crippen molar-refractivity contribution < 1.29 is 14.5 Å². The summed E-state index contributed by atoms with van der Waals surface area (Å²) in [6, 6.07) is 14.6. The Kier molecular flexibility index (Phi) is 8.77. The number of nitrogens with zero attached hydrogens (tertiary/aromatic N) is 3. The van der Waals surface area contributed by atoms with Gasteiger partial charge in [-0.2, -0.15) is 0 Å². The minimum Gasteiger partial charge on any atom is -0.361 e. The SMILES string of the molecule is O=C(NCCCNc1ncc([N+](=O)[O-])s1)N1C(=O)/C(=C/c2ccc(Br)cc2)SC1c1ccc(Br)cc1. The van der Waals surface area contributed by atoms with E-state index < -0.39 is 16.3 Å². The third kappa shape index (κ3) is 6.52. The summed E-state index contributed by atoms with van der Waals surface area (Å²) >= 11 is 9.11. The molecular formula is C23H19Br2N5O4S2. The summed E-state index contributed by atoms with van der Waals surface area (Å²) in [5.74, 6) is -0.360. The van der Waals surface area contributed by atoms with Crippen molar-refractivity contribution in [1.29, 1.82) is 0 Å². The number of thioether (sulfide) groups is 1. The number of urea groups is 1. The number of nitro groups is 1. The van der Waals surface area contributed by atoms with Gasteiger partial charge in [0.25, 0.3) is 5.91 Å². The van der Waals surface area contributed by atoms with Gasteiger partial charge in [-0.3, -0.25) is 14.9 Å². The lowest BCUT2D eigenvalue weighted by molar-refractivity contribution is -0.380. The van der Waals surface area contributed by atoms with E-state index in [-0.39, 0.29) is 10.9 Å². The predicted molar refractivity (Wildman–Crippen MR) is 149 cm³/mol. The Labute approximate surface area is 231 Å². The predicted octanol–water partition coefficient (Wildman–Crippen LogP) is 6.40. The lowest BCUT2D eigenvalue weighted by Crippen LogP contribution is -2.42. The summed E-state index contributed by atoms with van der Waals surface area (Å²) in [7, 11) is 0. The van der Waals surface area contributed by atoms with Gasteiger partial charge in [0.2, 0.25) is 0 Å². The summed E-state index contributed by atoms with van der Waals surface area (Å²) in [5, 5.41) is 16.5. The molecule has 13 heteroatoms. The average Bonchev–Trinajstić information content (AvgIpc) is 3.46. The van der Waals surface area contributed by atoms with Crippen LogP contribution >= 0.6 is 55.0 Å². The molecule has 0 spiro atoms. The maximum atomic E-state index is 13.3. The third-order valence-electron chi connectivity index (χ3n) is 5.02. The van der Waals surface area contributed by atoms with Gasteiger partial charge in [0, 0.05) is 22.0 Å². The van der Waals surface area contributed by atoms with Gasteiger partial charge >= 0.3 is 11.0 Å². The second-order valence-corrected chi connectivity index (χ2v) is 11.5. The zero-order chi connectivity index (χ0) is 25.7. The van der Waals surface area contributed by atoms with Crippen LogP contribution in [0.4, 0.5) is 14.9 Å². The van der Waals surface area contributed by atoms with Crippen molar-refractivity contribution in [2.75, 3.05) is 18.4 Å².